The van der Waals surface area contributed by atoms with E-state index < -0.39 is 5.82 Å². The second-order valence-corrected chi connectivity index (χ2v) is 5.47. The summed E-state index contributed by atoms with van der Waals surface area (Å²) in [6, 6.07) is 10.4. The zero-order chi connectivity index (χ0) is 15.4. The lowest BCUT2D eigenvalue weighted by atomic mass is 10.1. The van der Waals surface area contributed by atoms with Crippen LogP contribution in [0.25, 0.3) is 0 Å². The Morgan fingerprint density at radius 3 is 2.38 bits per heavy atom. The van der Waals surface area contributed by atoms with E-state index in [1.165, 1.54) is 17.7 Å². The van der Waals surface area contributed by atoms with Gasteiger partial charge in [0, 0.05) is 5.33 Å². The van der Waals surface area contributed by atoms with Crippen molar-refractivity contribution in [2.75, 3.05) is 0 Å². The van der Waals surface area contributed by atoms with Gasteiger partial charge in [-0.2, -0.15) is 5.26 Å². The summed E-state index contributed by atoms with van der Waals surface area (Å²) >= 11 is 3.44. The van der Waals surface area contributed by atoms with Gasteiger partial charge in [0.25, 0.3) is 0 Å². The van der Waals surface area contributed by atoms with Crippen LogP contribution in [-0.2, 0) is 11.9 Å². The highest BCUT2D eigenvalue weighted by Gasteiger charge is 2.08. The third-order valence-electron chi connectivity index (χ3n) is 3.21. The van der Waals surface area contributed by atoms with Crippen LogP contribution >= 0.6 is 15.9 Å². The second-order valence-electron chi connectivity index (χ2n) is 4.91. The molecule has 0 bridgehead atoms. The summed E-state index contributed by atoms with van der Waals surface area (Å²) in [5.41, 5.74) is 4.14. The summed E-state index contributed by atoms with van der Waals surface area (Å²) in [6.45, 7) is 4.31. The maximum atomic E-state index is 13.3. The molecule has 0 spiro atoms. The number of ether oxygens (including phenoxy) is 1. The Morgan fingerprint density at radius 1 is 1.14 bits per heavy atom. The van der Waals surface area contributed by atoms with Crippen LogP contribution < -0.4 is 4.74 Å². The summed E-state index contributed by atoms with van der Waals surface area (Å²) in [6.07, 6.45) is 0. The lowest BCUT2D eigenvalue weighted by Crippen LogP contribution is -2.01. The van der Waals surface area contributed by atoms with Gasteiger partial charge in [-0.25, -0.2) is 4.39 Å². The minimum Gasteiger partial charge on any atom is -0.488 e. The Hall–Kier alpha value is -1.86. The third-order valence-corrected chi connectivity index (χ3v) is 3.86. The molecule has 0 aliphatic rings. The molecule has 0 fully saturated rings. The van der Waals surface area contributed by atoms with Crippen molar-refractivity contribution in [1.29, 1.82) is 5.26 Å². The van der Waals surface area contributed by atoms with Crippen molar-refractivity contribution in [3.8, 4) is 11.8 Å². The molecule has 4 heteroatoms. The largest absolute Gasteiger partial charge is 0.488 e. The van der Waals surface area contributed by atoms with Crippen LogP contribution in [0.2, 0.25) is 0 Å². The maximum absolute atomic E-state index is 13.3. The van der Waals surface area contributed by atoms with Crippen LogP contribution in [0.1, 0.15) is 27.8 Å². The van der Waals surface area contributed by atoms with Gasteiger partial charge < -0.3 is 4.74 Å². The van der Waals surface area contributed by atoms with Crippen LogP contribution in [0.4, 0.5) is 4.39 Å². The van der Waals surface area contributed by atoms with Gasteiger partial charge in [0.2, 0.25) is 0 Å². The van der Waals surface area contributed by atoms with Gasteiger partial charge in [-0.05, 0) is 48.2 Å². The lowest BCUT2D eigenvalue weighted by Gasteiger charge is -2.14. The Morgan fingerprint density at radius 2 is 1.81 bits per heavy atom. The van der Waals surface area contributed by atoms with Gasteiger partial charge in [0.15, 0.2) is 0 Å². The molecule has 2 aromatic carbocycles. The van der Waals surface area contributed by atoms with Gasteiger partial charge in [-0.1, -0.05) is 34.1 Å². The Kier molecular flexibility index (Phi) is 4.98. The monoisotopic (exact) mass is 347 g/mol. The number of nitriles is 1. The third kappa shape index (κ3) is 3.62. The molecule has 0 aliphatic carbocycles. The van der Waals surface area contributed by atoms with Gasteiger partial charge in [-0.3, -0.25) is 0 Å². The highest BCUT2D eigenvalue weighted by Crippen LogP contribution is 2.26. The number of benzene rings is 2. The number of halogens is 2. The highest BCUT2D eigenvalue weighted by molar-refractivity contribution is 9.08. The first-order chi connectivity index (χ1) is 10.0. The maximum Gasteiger partial charge on any atom is 0.140 e. The Labute approximate surface area is 132 Å². The number of hydrogen-bond donors (Lipinski definition) is 0. The topological polar surface area (TPSA) is 33.0 Å². The van der Waals surface area contributed by atoms with Crippen LogP contribution in [0.3, 0.4) is 0 Å². The van der Waals surface area contributed by atoms with Crippen molar-refractivity contribution in [3.05, 3.63) is 64.0 Å². The van der Waals surface area contributed by atoms with E-state index in [2.05, 4.69) is 28.1 Å². The SMILES string of the molecule is Cc1cc(CBr)cc(C)c1OCc1ccc(F)c(C#N)c1. The molecule has 0 saturated carbocycles. The second kappa shape index (κ2) is 6.73. The van der Waals surface area contributed by atoms with E-state index in [4.69, 9.17) is 10.00 Å². The Bertz CT molecular complexity index is 683. The Balaban J connectivity index is 2.19. The van der Waals surface area contributed by atoms with E-state index in [-0.39, 0.29) is 5.56 Å². The molecule has 0 aromatic heterocycles. The number of alkyl halides is 1. The molecule has 0 N–H and O–H groups in total. The van der Waals surface area contributed by atoms with E-state index in [9.17, 15) is 4.39 Å². The normalized spacial score (nSPS) is 10.2. The first kappa shape index (κ1) is 15.5. The van der Waals surface area contributed by atoms with E-state index in [0.29, 0.717) is 6.61 Å². The van der Waals surface area contributed by atoms with Crippen LogP contribution in [0.15, 0.2) is 30.3 Å². The standard InChI is InChI=1S/C17H15BrFNO/c1-11-5-14(8-18)6-12(2)17(11)21-10-13-3-4-16(19)15(7-13)9-20/h3-7H,8,10H2,1-2H3. The molecule has 0 aliphatic heterocycles. The molecule has 0 saturated heterocycles. The minimum atomic E-state index is -0.504. The van der Waals surface area contributed by atoms with Crippen molar-refractivity contribution < 1.29 is 9.13 Å². The fourth-order valence-corrected chi connectivity index (χ4v) is 2.57. The van der Waals surface area contributed by atoms with Crippen molar-refractivity contribution in [2.45, 2.75) is 25.8 Å². The molecule has 2 aromatic rings. The molecule has 2 rings (SSSR count). The number of aryl methyl sites for hydroxylation is 2. The molecular formula is C17H15BrFNO. The molecule has 21 heavy (non-hydrogen) atoms. The number of hydrogen-bond acceptors (Lipinski definition) is 2. The predicted octanol–water partition coefficient (Wildman–Crippen LogP) is 4.79. The fourth-order valence-electron chi connectivity index (χ4n) is 2.25. The minimum absolute atomic E-state index is 0.0409. The highest BCUT2D eigenvalue weighted by atomic mass is 79.9. The van der Waals surface area contributed by atoms with Gasteiger partial charge >= 0.3 is 0 Å². The number of rotatable bonds is 4. The van der Waals surface area contributed by atoms with E-state index in [1.54, 1.807) is 6.07 Å². The average molecular weight is 348 g/mol. The summed E-state index contributed by atoms with van der Waals surface area (Å²) in [7, 11) is 0. The summed E-state index contributed by atoms with van der Waals surface area (Å²) in [5.74, 6) is 0.331. The zero-order valence-corrected chi connectivity index (χ0v) is 13.5. The van der Waals surface area contributed by atoms with Gasteiger partial charge in [0.05, 0.1) is 5.56 Å². The smallest absolute Gasteiger partial charge is 0.140 e. The van der Waals surface area contributed by atoms with Crippen molar-refractivity contribution in [2.24, 2.45) is 0 Å². The first-order valence-electron chi connectivity index (χ1n) is 6.52. The van der Waals surface area contributed by atoms with Crippen LogP contribution in [0.5, 0.6) is 5.75 Å². The van der Waals surface area contributed by atoms with Crippen molar-refractivity contribution >= 4 is 15.9 Å². The van der Waals surface area contributed by atoms with Gasteiger partial charge in [-0.15, -0.1) is 0 Å². The molecule has 0 amide bonds. The first-order valence-corrected chi connectivity index (χ1v) is 7.64. The molecule has 0 radical (unpaired) electrons. The molecule has 0 heterocycles. The molecule has 2 nitrogen and oxygen atoms in total. The van der Waals surface area contributed by atoms with Crippen LogP contribution in [-0.4, -0.2) is 0 Å². The molecule has 108 valence electrons. The van der Waals surface area contributed by atoms with E-state index >= 15 is 0 Å². The van der Waals surface area contributed by atoms with Crippen molar-refractivity contribution in [1.82, 2.24) is 0 Å². The fraction of sp³-hybridized carbons (Fsp3) is 0.235. The van der Waals surface area contributed by atoms with E-state index in [0.717, 1.165) is 27.8 Å². The predicted molar refractivity (Wildman–Crippen MR) is 84.0 cm³/mol. The quantitative estimate of drug-likeness (QED) is 0.745. The van der Waals surface area contributed by atoms with E-state index in [1.807, 2.05) is 19.9 Å². The van der Waals surface area contributed by atoms with Crippen molar-refractivity contribution in [3.63, 3.8) is 0 Å². The molecular weight excluding hydrogens is 333 g/mol. The summed E-state index contributed by atoms with van der Waals surface area (Å²) in [4.78, 5) is 0. The molecule has 0 atom stereocenters. The molecule has 0 unspecified atom stereocenters. The van der Waals surface area contributed by atoms with Gasteiger partial charge in [0.1, 0.15) is 24.2 Å². The average Bonchev–Trinajstić information content (AvgIpc) is 2.47. The van der Waals surface area contributed by atoms with Crippen LogP contribution in [0, 0.1) is 31.0 Å². The number of nitrogens with zero attached hydrogens (tertiary/aromatic N) is 1. The summed E-state index contributed by atoms with van der Waals surface area (Å²) < 4.78 is 19.1. The lowest BCUT2D eigenvalue weighted by molar-refractivity contribution is 0.301. The summed E-state index contributed by atoms with van der Waals surface area (Å²) in [5, 5.41) is 9.64. The zero-order valence-electron chi connectivity index (χ0n) is 11.9.